The van der Waals surface area contributed by atoms with Crippen LogP contribution in [-0.4, -0.2) is 30.9 Å². The van der Waals surface area contributed by atoms with Crippen molar-refractivity contribution in [3.05, 3.63) is 108 Å². The molecule has 2 aliphatic heterocycles. The second-order valence-corrected chi connectivity index (χ2v) is 8.99. The van der Waals surface area contributed by atoms with Gasteiger partial charge in [-0.1, -0.05) is 91.0 Å². The zero-order valence-electron chi connectivity index (χ0n) is 19.3. The number of carbonyl (C=O) groups excluding carboxylic acids is 1. The molecule has 2 fully saturated rings. The van der Waals surface area contributed by atoms with Gasteiger partial charge in [0.05, 0.1) is 43.9 Å². The van der Waals surface area contributed by atoms with Crippen molar-refractivity contribution in [2.75, 3.05) is 6.61 Å². The number of ether oxygens (including phenoxy) is 4. The van der Waals surface area contributed by atoms with E-state index in [1.807, 2.05) is 91.0 Å². The molecule has 6 atom stereocenters. The van der Waals surface area contributed by atoms with Crippen LogP contribution in [0.1, 0.15) is 29.7 Å². The Morgan fingerprint density at radius 2 is 1.38 bits per heavy atom. The number of ketones is 1. The normalized spacial score (nSPS) is 28.0. The Hall–Kier alpha value is -2.83. The molecule has 5 rings (SSSR count). The van der Waals surface area contributed by atoms with Gasteiger partial charge in [0.25, 0.3) is 0 Å². The molecule has 3 aromatic rings. The third-order valence-corrected chi connectivity index (χ3v) is 6.67. The standard InChI is InChI=1S/C29H30O5/c1-20(30)25-26-28(32-18-22-13-7-3-8-14-22)24(19-31-17-21-11-5-2-6-12-21)33-29(26)34-27(25)23-15-9-4-10-16-23/h2-16,24-29H,17-19H2,1H3/t24-,25+,26+,27-,28+,29+/m1/s1. The second kappa shape index (κ2) is 10.6. The molecule has 5 heteroatoms. The molecule has 0 aromatic heterocycles. The first-order valence-corrected chi connectivity index (χ1v) is 11.8. The van der Waals surface area contributed by atoms with Crippen molar-refractivity contribution in [2.24, 2.45) is 11.8 Å². The molecule has 0 N–H and O–H groups in total. The van der Waals surface area contributed by atoms with E-state index in [0.717, 1.165) is 16.7 Å². The van der Waals surface area contributed by atoms with Gasteiger partial charge < -0.3 is 18.9 Å². The van der Waals surface area contributed by atoms with Crippen LogP contribution in [0, 0.1) is 11.8 Å². The summed E-state index contributed by atoms with van der Waals surface area (Å²) in [7, 11) is 0. The van der Waals surface area contributed by atoms with E-state index in [9.17, 15) is 4.79 Å². The fourth-order valence-electron chi connectivity index (χ4n) is 5.07. The first-order valence-electron chi connectivity index (χ1n) is 11.8. The van der Waals surface area contributed by atoms with Crippen molar-refractivity contribution in [2.45, 2.75) is 44.7 Å². The zero-order chi connectivity index (χ0) is 23.3. The third kappa shape index (κ3) is 4.98. The number of hydrogen-bond donors (Lipinski definition) is 0. The maximum absolute atomic E-state index is 12.9. The van der Waals surface area contributed by atoms with Gasteiger partial charge in [-0.25, -0.2) is 0 Å². The van der Waals surface area contributed by atoms with E-state index >= 15 is 0 Å². The van der Waals surface area contributed by atoms with Gasteiger partial charge in [0, 0.05) is 0 Å². The molecule has 0 amide bonds. The molecule has 0 aliphatic carbocycles. The largest absolute Gasteiger partial charge is 0.374 e. The molecule has 0 saturated carbocycles. The first-order chi connectivity index (χ1) is 16.7. The third-order valence-electron chi connectivity index (χ3n) is 6.67. The van der Waals surface area contributed by atoms with Crippen LogP contribution >= 0.6 is 0 Å². The lowest BCUT2D eigenvalue weighted by Crippen LogP contribution is -2.38. The van der Waals surface area contributed by atoms with Crippen molar-refractivity contribution in [3.63, 3.8) is 0 Å². The van der Waals surface area contributed by atoms with Gasteiger partial charge in [0.15, 0.2) is 6.29 Å². The SMILES string of the molecule is CC(=O)[C@H]1[C@@H]2[C@H](O[C@@H]1c1ccccc1)O[C@H](COCc1ccccc1)[C@@H]2OCc1ccccc1. The van der Waals surface area contributed by atoms with Crippen LogP contribution in [0.25, 0.3) is 0 Å². The maximum atomic E-state index is 12.9. The number of carbonyl (C=O) groups is 1. The zero-order valence-corrected chi connectivity index (χ0v) is 19.3. The van der Waals surface area contributed by atoms with Crippen LogP contribution in [-0.2, 0) is 37.0 Å². The lowest BCUT2D eigenvalue weighted by atomic mass is 9.81. The van der Waals surface area contributed by atoms with Crippen molar-refractivity contribution in [1.29, 1.82) is 0 Å². The molecule has 2 heterocycles. The Morgan fingerprint density at radius 1 is 0.794 bits per heavy atom. The molecule has 0 unspecified atom stereocenters. The van der Waals surface area contributed by atoms with E-state index in [4.69, 9.17) is 18.9 Å². The van der Waals surface area contributed by atoms with Gasteiger partial charge in [0.1, 0.15) is 11.9 Å². The minimum Gasteiger partial charge on any atom is -0.374 e. The summed E-state index contributed by atoms with van der Waals surface area (Å²) in [6.45, 7) is 2.93. The molecular formula is C29H30O5. The molecule has 0 spiro atoms. The van der Waals surface area contributed by atoms with E-state index in [2.05, 4.69) is 0 Å². The molecular weight excluding hydrogens is 428 g/mol. The fourth-order valence-corrected chi connectivity index (χ4v) is 5.07. The van der Waals surface area contributed by atoms with Crippen molar-refractivity contribution >= 4 is 5.78 Å². The molecule has 2 saturated heterocycles. The predicted octanol–water partition coefficient (Wildman–Crippen LogP) is 5.11. The van der Waals surface area contributed by atoms with Gasteiger partial charge in [-0.2, -0.15) is 0 Å². The van der Waals surface area contributed by atoms with Gasteiger partial charge in [-0.3, -0.25) is 4.79 Å². The number of rotatable bonds is 9. The maximum Gasteiger partial charge on any atom is 0.165 e. The quantitative estimate of drug-likeness (QED) is 0.446. The van der Waals surface area contributed by atoms with Crippen molar-refractivity contribution in [1.82, 2.24) is 0 Å². The minimum absolute atomic E-state index is 0.0871. The van der Waals surface area contributed by atoms with E-state index in [1.165, 1.54) is 0 Å². The average molecular weight is 459 g/mol. The molecule has 0 radical (unpaired) electrons. The van der Waals surface area contributed by atoms with Gasteiger partial charge in [-0.05, 0) is 23.6 Å². The van der Waals surface area contributed by atoms with Crippen molar-refractivity contribution < 1.29 is 23.7 Å². The molecule has 34 heavy (non-hydrogen) atoms. The van der Waals surface area contributed by atoms with Crippen LogP contribution in [0.15, 0.2) is 91.0 Å². The molecule has 3 aromatic carbocycles. The van der Waals surface area contributed by atoms with Crippen LogP contribution in [0.3, 0.4) is 0 Å². The molecule has 176 valence electrons. The Bertz CT molecular complexity index is 1060. The summed E-state index contributed by atoms with van der Waals surface area (Å²) in [6.07, 6.45) is -1.49. The molecule has 5 nitrogen and oxygen atoms in total. The molecule has 2 aliphatic rings. The monoisotopic (exact) mass is 458 g/mol. The number of benzene rings is 3. The predicted molar refractivity (Wildman–Crippen MR) is 128 cm³/mol. The number of hydrogen-bond acceptors (Lipinski definition) is 5. The van der Waals surface area contributed by atoms with Crippen molar-refractivity contribution in [3.8, 4) is 0 Å². The summed E-state index contributed by atoms with van der Waals surface area (Å²) in [4.78, 5) is 12.9. The smallest absolute Gasteiger partial charge is 0.165 e. The summed E-state index contributed by atoms with van der Waals surface area (Å²) >= 11 is 0. The van der Waals surface area contributed by atoms with Crippen LogP contribution in [0.2, 0.25) is 0 Å². The van der Waals surface area contributed by atoms with Crippen LogP contribution in [0.5, 0.6) is 0 Å². The Balaban J connectivity index is 1.35. The Morgan fingerprint density at radius 3 is 2.00 bits per heavy atom. The summed E-state index contributed by atoms with van der Waals surface area (Å²) in [5.41, 5.74) is 3.16. The van der Waals surface area contributed by atoms with E-state index < -0.39 is 6.29 Å². The highest BCUT2D eigenvalue weighted by molar-refractivity contribution is 5.80. The Kier molecular flexibility index (Phi) is 7.16. The second-order valence-electron chi connectivity index (χ2n) is 8.99. The van der Waals surface area contributed by atoms with Crippen LogP contribution in [0.4, 0.5) is 0 Å². The summed E-state index contributed by atoms with van der Waals surface area (Å²) in [5, 5.41) is 0. The number of fused-ring (bicyclic) bond motifs is 1. The number of Topliss-reactive ketones (excluding diaryl/α,β-unsaturated/α-hetero) is 1. The van der Waals surface area contributed by atoms with E-state index in [0.29, 0.717) is 19.8 Å². The summed E-state index contributed by atoms with van der Waals surface area (Å²) < 4.78 is 25.1. The van der Waals surface area contributed by atoms with Gasteiger partial charge in [-0.15, -0.1) is 0 Å². The first kappa shape index (κ1) is 22.9. The van der Waals surface area contributed by atoms with Gasteiger partial charge in [0.2, 0.25) is 0 Å². The van der Waals surface area contributed by atoms with E-state index in [1.54, 1.807) is 6.92 Å². The van der Waals surface area contributed by atoms with E-state index in [-0.39, 0.29) is 35.9 Å². The average Bonchev–Trinajstić information content (AvgIpc) is 3.40. The fraction of sp³-hybridized carbons (Fsp3) is 0.345. The summed E-state index contributed by atoms with van der Waals surface area (Å²) in [6, 6.07) is 30.0. The van der Waals surface area contributed by atoms with Gasteiger partial charge >= 0.3 is 0 Å². The highest BCUT2D eigenvalue weighted by Gasteiger charge is 2.58. The Labute approximate surface area is 200 Å². The highest BCUT2D eigenvalue weighted by atomic mass is 16.7. The highest BCUT2D eigenvalue weighted by Crippen LogP contribution is 2.50. The van der Waals surface area contributed by atoms with Crippen LogP contribution < -0.4 is 0 Å². The lowest BCUT2D eigenvalue weighted by Gasteiger charge is -2.28. The molecule has 0 bridgehead atoms. The minimum atomic E-state index is -0.509. The summed E-state index contributed by atoms with van der Waals surface area (Å²) in [5.74, 6) is -0.451. The lowest BCUT2D eigenvalue weighted by molar-refractivity contribution is -0.161. The topological polar surface area (TPSA) is 54.0 Å².